The minimum atomic E-state index is -1.58. The predicted octanol–water partition coefficient (Wildman–Crippen LogP) is 7.45. The molecule has 0 saturated carbocycles. The van der Waals surface area contributed by atoms with Crippen LogP contribution in [-0.2, 0) is 0 Å². The van der Waals surface area contributed by atoms with Gasteiger partial charge in [0.15, 0.2) is 0 Å². The van der Waals surface area contributed by atoms with Crippen LogP contribution in [0.15, 0.2) is 109 Å². The van der Waals surface area contributed by atoms with Crippen molar-refractivity contribution in [3.63, 3.8) is 0 Å². The third-order valence-corrected chi connectivity index (χ3v) is 8.63. The first-order valence-corrected chi connectivity index (χ1v) is 15.5. The number of nitrogens with zero attached hydrogens (tertiary/aromatic N) is 3. The van der Waals surface area contributed by atoms with Gasteiger partial charge in [-0.2, -0.15) is 0 Å². The molecule has 3 aromatic heterocycles. The van der Waals surface area contributed by atoms with Crippen LogP contribution in [0.25, 0.3) is 50.0 Å². The van der Waals surface area contributed by atoms with Gasteiger partial charge in [0.2, 0.25) is 0 Å². The van der Waals surface area contributed by atoms with Crippen LogP contribution in [0.5, 0.6) is 0 Å². The van der Waals surface area contributed by atoms with Crippen LogP contribution in [0.3, 0.4) is 0 Å². The first kappa shape index (κ1) is 21.5. The molecule has 0 spiro atoms. The van der Waals surface area contributed by atoms with Crippen LogP contribution >= 0.6 is 0 Å². The van der Waals surface area contributed by atoms with E-state index in [1.54, 1.807) is 0 Å². The first-order chi connectivity index (χ1) is 17.0. The average Bonchev–Trinajstić information content (AvgIpc) is 3.22. The lowest BCUT2D eigenvalue weighted by atomic mass is 10.0. The predicted molar refractivity (Wildman–Crippen MR) is 150 cm³/mol. The van der Waals surface area contributed by atoms with E-state index in [1.165, 1.54) is 21.7 Å². The zero-order valence-electron chi connectivity index (χ0n) is 20.2. The Morgan fingerprint density at radius 3 is 2.06 bits per heavy atom. The zero-order chi connectivity index (χ0) is 24.0. The van der Waals surface area contributed by atoms with E-state index in [9.17, 15) is 0 Å². The standard InChI is InChI=1S/C31H27N3Si/c1-35(2,3)30-21-32-28(19-26(30)22-12-6-4-7-13-22)23-18-27-25-16-10-11-17-29(25)34(31(27)33-20-23)24-14-8-5-9-15-24/h4-21H,1-3H3. The maximum Gasteiger partial charge on any atom is 0.145 e. The molecule has 0 aliphatic carbocycles. The molecule has 6 aromatic rings. The van der Waals surface area contributed by atoms with Crippen molar-refractivity contribution in [1.82, 2.24) is 14.5 Å². The number of benzene rings is 3. The van der Waals surface area contributed by atoms with E-state index in [0.717, 1.165) is 33.5 Å². The summed E-state index contributed by atoms with van der Waals surface area (Å²) in [5.74, 6) is 0. The molecule has 0 atom stereocenters. The van der Waals surface area contributed by atoms with Crippen LogP contribution in [-0.4, -0.2) is 22.6 Å². The largest absolute Gasteiger partial charge is 0.294 e. The lowest BCUT2D eigenvalue weighted by Crippen LogP contribution is -2.39. The molecule has 0 aliphatic heterocycles. The maximum atomic E-state index is 4.98. The van der Waals surface area contributed by atoms with Crippen molar-refractivity contribution in [1.29, 1.82) is 0 Å². The van der Waals surface area contributed by atoms with Gasteiger partial charge < -0.3 is 0 Å². The molecule has 0 unspecified atom stereocenters. The maximum absolute atomic E-state index is 4.98. The molecule has 6 rings (SSSR count). The molecule has 3 nitrogen and oxygen atoms in total. The topological polar surface area (TPSA) is 30.7 Å². The Hall–Kier alpha value is -4.02. The monoisotopic (exact) mass is 469 g/mol. The highest BCUT2D eigenvalue weighted by Gasteiger charge is 2.22. The van der Waals surface area contributed by atoms with Crippen molar-refractivity contribution in [2.45, 2.75) is 19.6 Å². The third kappa shape index (κ3) is 3.76. The number of rotatable bonds is 4. The van der Waals surface area contributed by atoms with Gasteiger partial charge in [0.25, 0.3) is 0 Å². The van der Waals surface area contributed by atoms with Gasteiger partial charge in [0.1, 0.15) is 5.65 Å². The molecule has 0 radical (unpaired) electrons. The Morgan fingerprint density at radius 2 is 1.31 bits per heavy atom. The molecular formula is C31H27N3Si. The second-order valence-corrected chi connectivity index (χ2v) is 15.1. The summed E-state index contributed by atoms with van der Waals surface area (Å²) < 4.78 is 2.24. The Kier molecular flexibility index (Phi) is 5.12. The Morgan fingerprint density at radius 1 is 0.629 bits per heavy atom. The van der Waals surface area contributed by atoms with Crippen LogP contribution in [0.1, 0.15) is 0 Å². The lowest BCUT2D eigenvalue weighted by Gasteiger charge is -2.21. The van der Waals surface area contributed by atoms with Gasteiger partial charge in [-0.3, -0.25) is 9.55 Å². The van der Waals surface area contributed by atoms with Crippen molar-refractivity contribution < 1.29 is 0 Å². The number of hydrogen-bond acceptors (Lipinski definition) is 2. The fraction of sp³-hybridized carbons (Fsp3) is 0.0968. The summed E-state index contributed by atoms with van der Waals surface area (Å²) in [7, 11) is -1.58. The highest BCUT2D eigenvalue weighted by Crippen LogP contribution is 2.33. The summed E-state index contributed by atoms with van der Waals surface area (Å²) in [5, 5.41) is 3.71. The van der Waals surface area contributed by atoms with E-state index in [2.05, 4.69) is 121 Å². The fourth-order valence-corrected chi connectivity index (χ4v) is 6.37. The van der Waals surface area contributed by atoms with Crippen molar-refractivity contribution >= 4 is 35.2 Å². The molecule has 0 bridgehead atoms. The molecular weight excluding hydrogens is 442 g/mol. The van der Waals surface area contributed by atoms with Gasteiger partial charge in [-0.15, -0.1) is 0 Å². The van der Waals surface area contributed by atoms with Crippen LogP contribution in [0, 0.1) is 0 Å². The molecule has 4 heteroatoms. The van der Waals surface area contributed by atoms with Gasteiger partial charge in [0, 0.05) is 34.4 Å². The number of para-hydroxylation sites is 2. The zero-order valence-corrected chi connectivity index (χ0v) is 21.2. The van der Waals surface area contributed by atoms with Crippen molar-refractivity contribution in [3.05, 3.63) is 109 Å². The minimum absolute atomic E-state index is 0.955. The molecule has 0 amide bonds. The van der Waals surface area contributed by atoms with Crippen LogP contribution in [0.4, 0.5) is 0 Å². The number of pyridine rings is 2. The van der Waals surface area contributed by atoms with Gasteiger partial charge >= 0.3 is 0 Å². The number of fused-ring (bicyclic) bond motifs is 3. The van der Waals surface area contributed by atoms with E-state index < -0.39 is 8.07 Å². The van der Waals surface area contributed by atoms with Gasteiger partial charge in [-0.05, 0) is 46.6 Å². The highest BCUT2D eigenvalue weighted by atomic mass is 28.3. The quantitative estimate of drug-likeness (QED) is 0.251. The van der Waals surface area contributed by atoms with Crippen LogP contribution < -0.4 is 5.19 Å². The lowest BCUT2D eigenvalue weighted by molar-refractivity contribution is 1.13. The second kappa shape index (κ2) is 8.33. The normalized spacial score (nSPS) is 11.9. The molecule has 0 aliphatic rings. The third-order valence-electron chi connectivity index (χ3n) is 6.62. The summed E-state index contributed by atoms with van der Waals surface area (Å²) >= 11 is 0. The van der Waals surface area contributed by atoms with E-state index >= 15 is 0 Å². The highest BCUT2D eigenvalue weighted by molar-refractivity contribution is 6.89. The number of hydrogen-bond donors (Lipinski definition) is 0. The summed E-state index contributed by atoms with van der Waals surface area (Å²) in [6.45, 7) is 7.13. The number of aromatic nitrogens is 3. The van der Waals surface area contributed by atoms with Gasteiger partial charge in [-0.1, -0.05) is 86.4 Å². The van der Waals surface area contributed by atoms with Crippen LogP contribution in [0.2, 0.25) is 19.6 Å². The molecule has 35 heavy (non-hydrogen) atoms. The van der Waals surface area contributed by atoms with E-state index in [0.29, 0.717) is 0 Å². The Bertz CT molecular complexity index is 1660. The van der Waals surface area contributed by atoms with Gasteiger partial charge in [-0.25, -0.2) is 4.98 Å². The molecule has 0 saturated heterocycles. The Balaban J connectivity index is 1.57. The SMILES string of the molecule is C[Si](C)(C)c1cnc(-c2cnc3c(c2)c2ccccc2n3-c2ccccc2)cc1-c1ccccc1. The van der Waals surface area contributed by atoms with Gasteiger partial charge in [0.05, 0.1) is 19.3 Å². The second-order valence-electron chi connectivity index (χ2n) is 10.0. The summed E-state index contributed by atoms with van der Waals surface area (Å²) in [6.07, 6.45) is 4.06. The Labute approximate surface area is 206 Å². The minimum Gasteiger partial charge on any atom is -0.294 e. The average molecular weight is 470 g/mol. The molecule has 0 fully saturated rings. The van der Waals surface area contributed by atoms with E-state index in [4.69, 9.17) is 9.97 Å². The summed E-state index contributed by atoms with van der Waals surface area (Å²) in [5.41, 5.74) is 7.74. The molecule has 3 heterocycles. The molecule has 170 valence electrons. The van der Waals surface area contributed by atoms with Crippen molar-refractivity contribution in [2.24, 2.45) is 0 Å². The molecule has 3 aromatic carbocycles. The fourth-order valence-electron chi connectivity index (χ4n) is 4.89. The summed E-state index contributed by atoms with van der Waals surface area (Å²) in [4.78, 5) is 9.92. The van der Waals surface area contributed by atoms with E-state index in [-0.39, 0.29) is 0 Å². The van der Waals surface area contributed by atoms with E-state index in [1.807, 2.05) is 12.3 Å². The smallest absolute Gasteiger partial charge is 0.145 e. The van der Waals surface area contributed by atoms with Crippen molar-refractivity contribution in [3.8, 4) is 28.1 Å². The first-order valence-electron chi connectivity index (χ1n) is 12.0. The van der Waals surface area contributed by atoms with Crippen molar-refractivity contribution in [2.75, 3.05) is 0 Å². The molecule has 0 N–H and O–H groups in total. The summed E-state index contributed by atoms with van der Waals surface area (Å²) in [6, 6.07) is 34.1.